The monoisotopic (exact) mass is 290 g/mol. The van der Waals surface area contributed by atoms with Gasteiger partial charge in [0.05, 0.1) is 17.4 Å². The molecule has 0 amide bonds. The number of aliphatic hydroxyl groups excluding tert-OH is 1. The summed E-state index contributed by atoms with van der Waals surface area (Å²) in [6, 6.07) is 2.09. The third-order valence-electron chi connectivity index (χ3n) is 3.48. The van der Waals surface area contributed by atoms with E-state index in [0.717, 1.165) is 6.42 Å². The average Bonchev–Trinajstić information content (AvgIpc) is 2.37. The SMILES string of the molecule is C=CCO/N=C(/CCC)C1=C(O)C(C#N)C(C)(C)CC1=O. The lowest BCUT2D eigenvalue weighted by atomic mass is 9.68. The van der Waals surface area contributed by atoms with Gasteiger partial charge in [-0.3, -0.25) is 4.79 Å². The lowest BCUT2D eigenvalue weighted by molar-refractivity contribution is -0.118. The average molecular weight is 290 g/mol. The quantitative estimate of drug-likeness (QED) is 0.352. The first-order valence-corrected chi connectivity index (χ1v) is 7.05. The van der Waals surface area contributed by atoms with Crippen LogP contribution in [0.3, 0.4) is 0 Å². The molecule has 5 nitrogen and oxygen atoms in total. The molecule has 0 aromatic rings. The van der Waals surface area contributed by atoms with E-state index in [1.807, 2.05) is 6.92 Å². The van der Waals surface area contributed by atoms with Gasteiger partial charge in [-0.05, 0) is 11.8 Å². The Bertz CT molecular complexity index is 524. The minimum absolute atomic E-state index is 0.145. The second kappa shape index (κ2) is 7.07. The van der Waals surface area contributed by atoms with Crippen LogP contribution in [-0.4, -0.2) is 23.2 Å². The molecule has 1 unspecified atom stereocenters. The van der Waals surface area contributed by atoms with E-state index >= 15 is 0 Å². The van der Waals surface area contributed by atoms with Crippen molar-refractivity contribution < 1.29 is 14.7 Å². The van der Waals surface area contributed by atoms with Gasteiger partial charge in [-0.2, -0.15) is 5.26 Å². The highest BCUT2D eigenvalue weighted by Crippen LogP contribution is 2.41. The molecule has 1 N–H and O–H groups in total. The van der Waals surface area contributed by atoms with E-state index in [9.17, 15) is 15.2 Å². The number of nitriles is 1. The van der Waals surface area contributed by atoms with Crippen molar-refractivity contribution in [2.75, 3.05) is 6.61 Å². The lowest BCUT2D eigenvalue weighted by Crippen LogP contribution is -2.36. The van der Waals surface area contributed by atoms with Crippen LogP contribution in [0, 0.1) is 22.7 Å². The van der Waals surface area contributed by atoms with E-state index in [1.165, 1.54) is 0 Å². The second-order valence-electron chi connectivity index (χ2n) is 5.78. The van der Waals surface area contributed by atoms with Gasteiger partial charge in [0.25, 0.3) is 0 Å². The van der Waals surface area contributed by atoms with Gasteiger partial charge in [0.1, 0.15) is 18.3 Å². The fraction of sp³-hybridized carbons (Fsp3) is 0.562. The number of Topliss-reactive ketones (excluding diaryl/α,β-unsaturated/α-hetero) is 1. The molecule has 0 aromatic heterocycles. The van der Waals surface area contributed by atoms with Gasteiger partial charge >= 0.3 is 0 Å². The van der Waals surface area contributed by atoms with Crippen molar-refractivity contribution in [3.63, 3.8) is 0 Å². The summed E-state index contributed by atoms with van der Waals surface area (Å²) in [7, 11) is 0. The first-order valence-electron chi connectivity index (χ1n) is 7.05. The Morgan fingerprint density at radius 3 is 2.86 bits per heavy atom. The smallest absolute Gasteiger partial charge is 0.168 e. The van der Waals surface area contributed by atoms with Gasteiger partial charge in [0.2, 0.25) is 0 Å². The minimum atomic E-state index is -0.716. The number of nitrogens with zero attached hydrogens (tertiary/aromatic N) is 2. The number of hydrogen-bond acceptors (Lipinski definition) is 5. The first-order chi connectivity index (χ1) is 9.88. The molecule has 114 valence electrons. The molecule has 0 saturated heterocycles. The molecule has 0 saturated carbocycles. The maximum absolute atomic E-state index is 12.3. The highest BCUT2D eigenvalue weighted by molar-refractivity contribution is 6.23. The first kappa shape index (κ1) is 17.0. The summed E-state index contributed by atoms with van der Waals surface area (Å²) >= 11 is 0. The summed E-state index contributed by atoms with van der Waals surface area (Å²) in [4.78, 5) is 17.4. The zero-order valence-electron chi connectivity index (χ0n) is 12.8. The molecule has 1 aliphatic carbocycles. The number of oxime groups is 1. The van der Waals surface area contributed by atoms with Crippen molar-refractivity contribution in [2.45, 2.75) is 40.0 Å². The molecule has 0 spiro atoms. The van der Waals surface area contributed by atoms with Gasteiger partial charge in [-0.1, -0.05) is 45.0 Å². The molecule has 0 fully saturated rings. The van der Waals surface area contributed by atoms with E-state index in [0.29, 0.717) is 12.1 Å². The lowest BCUT2D eigenvalue weighted by Gasteiger charge is -2.34. The molecule has 0 bridgehead atoms. The topological polar surface area (TPSA) is 82.7 Å². The van der Waals surface area contributed by atoms with Crippen molar-refractivity contribution in [1.29, 1.82) is 5.26 Å². The van der Waals surface area contributed by atoms with Crippen molar-refractivity contribution in [3.8, 4) is 6.07 Å². The number of carbonyl (C=O) groups is 1. The van der Waals surface area contributed by atoms with Gasteiger partial charge in [0, 0.05) is 6.42 Å². The van der Waals surface area contributed by atoms with Crippen LogP contribution in [0.25, 0.3) is 0 Å². The van der Waals surface area contributed by atoms with Crippen molar-refractivity contribution in [3.05, 3.63) is 24.0 Å². The van der Waals surface area contributed by atoms with Gasteiger partial charge in [-0.15, -0.1) is 0 Å². The standard InChI is InChI=1S/C16H22N2O3/c1-5-7-12(18-21-8-6-2)14-13(19)9-16(3,4)11(10-17)15(14)20/h6,11,20H,2,5,7-9H2,1,3-4H3/b18-12-. The molecule has 5 heteroatoms. The number of allylic oxidation sites excluding steroid dienone is 2. The van der Waals surface area contributed by atoms with Crippen LogP contribution in [0.4, 0.5) is 0 Å². The van der Waals surface area contributed by atoms with Gasteiger partial charge in [-0.25, -0.2) is 0 Å². The zero-order valence-corrected chi connectivity index (χ0v) is 12.8. The van der Waals surface area contributed by atoms with Crippen LogP contribution in [0.2, 0.25) is 0 Å². The molecule has 1 rings (SSSR count). The van der Waals surface area contributed by atoms with E-state index < -0.39 is 11.3 Å². The minimum Gasteiger partial charge on any atom is -0.510 e. The Morgan fingerprint density at radius 1 is 1.67 bits per heavy atom. The van der Waals surface area contributed by atoms with E-state index in [4.69, 9.17) is 4.84 Å². The maximum Gasteiger partial charge on any atom is 0.168 e. The number of hydrogen-bond donors (Lipinski definition) is 1. The van der Waals surface area contributed by atoms with Crippen LogP contribution in [0.15, 0.2) is 29.1 Å². The summed E-state index contributed by atoms with van der Waals surface area (Å²) in [5, 5.41) is 23.6. The summed E-state index contributed by atoms with van der Waals surface area (Å²) in [5.74, 6) is -1.10. The number of aliphatic hydroxyl groups is 1. The molecule has 0 aromatic carbocycles. The molecule has 1 aliphatic rings. The number of ketones is 1. The van der Waals surface area contributed by atoms with Crippen molar-refractivity contribution in [2.24, 2.45) is 16.5 Å². The van der Waals surface area contributed by atoms with E-state index in [2.05, 4.69) is 17.8 Å². The fourth-order valence-corrected chi connectivity index (χ4v) is 2.43. The third kappa shape index (κ3) is 3.72. The Labute approximate surface area is 125 Å². The largest absolute Gasteiger partial charge is 0.510 e. The normalized spacial score (nSPS) is 21.9. The molecule has 0 radical (unpaired) electrons. The molecule has 1 atom stereocenters. The third-order valence-corrected chi connectivity index (χ3v) is 3.48. The Balaban J connectivity index is 3.27. The highest BCUT2D eigenvalue weighted by atomic mass is 16.6. The predicted octanol–water partition coefficient (Wildman–Crippen LogP) is 3.30. The van der Waals surface area contributed by atoms with E-state index in [-0.39, 0.29) is 30.1 Å². The molecule has 0 aliphatic heterocycles. The van der Waals surface area contributed by atoms with Crippen LogP contribution in [-0.2, 0) is 9.63 Å². The summed E-state index contributed by atoms with van der Waals surface area (Å²) in [5.41, 5.74) is -0.0389. The number of rotatable bonds is 6. The molecule has 0 heterocycles. The van der Waals surface area contributed by atoms with Crippen LogP contribution >= 0.6 is 0 Å². The summed E-state index contributed by atoms with van der Waals surface area (Å²) < 4.78 is 0. The van der Waals surface area contributed by atoms with Crippen LogP contribution < -0.4 is 0 Å². The van der Waals surface area contributed by atoms with Gasteiger partial charge < -0.3 is 9.94 Å². The van der Waals surface area contributed by atoms with Gasteiger partial charge in [0.15, 0.2) is 5.78 Å². The summed E-state index contributed by atoms with van der Waals surface area (Å²) in [6.07, 6.45) is 3.00. The Hall–Kier alpha value is -2.09. The molecular weight excluding hydrogens is 268 g/mol. The van der Waals surface area contributed by atoms with Crippen LogP contribution in [0.1, 0.15) is 40.0 Å². The molecular formula is C16H22N2O3. The Morgan fingerprint density at radius 2 is 2.33 bits per heavy atom. The predicted molar refractivity (Wildman–Crippen MR) is 80.7 cm³/mol. The van der Waals surface area contributed by atoms with E-state index in [1.54, 1.807) is 19.9 Å². The van der Waals surface area contributed by atoms with Crippen LogP contribution in [0.5, 0.6) is 0 Å². The molecule has 21 heavy (non-hydrogen) atoms. The maximum atomic E-state index is 12.3. The number of carbonyl (C=O) groups excluding carboxylic acids is 1. The van der Waals surface area contributed by atoms with Crippen molar-refractivity contribution in [1.82, 2.24) is 0 Å². The Kier molecular flexibility index (Phi) is 5.71. The summed E-state index contributed by atoms with van der Waals surface area (Å²) in [6.45, 7) is 9.30. The van der Waals surface area contributed by atoms with Crippen molar-refractivity contribution >= 4 is 11.5 Å². The highest BCUT2D eigenvalue weighted by Gasteiger charge is 2.43. The zero-order chi connectivity index (χ0) is 16.0. The fourth-order valence-electron chi connectivity index (χ4n) is 2.43. The second-order valence-corrected chi connectivity index (χ2v) is 5.78.